The van der Waals surface area contributed by atoms with Crippen molar-refractivity contribution in [3.63, 3.8) is 0 Å². The third-order valence-electron chi connectivity index (χ3n) is 3.24. The molecule has 2 aromatic rings. The molecule has 0 aliphatic heterocycles. The SMILES string of the molecule is CC(C)N(Cc1cccs1)Cc1cccc(C#N)c1F. The average molecular weight is 288 g/mol. The van der Waals surface area contributed by atoms with Crippen molar-refractivity contribution >= 4 is 11.3 Å². The number of hydrogen-bond acceptors (Lipinski definition) is 3. The maximum atomic E-state index is 14.1. The Hall–Kier alpha value is -1.70. The van der Waals surface area contributed by atoms with E-state index in [-0.39, 0.29) is 5.56 Å². The smallest absolute Gasteiger partial charge is 0.145 e. The van der Waals surface area contributed by atoms with E-state index in [4.69, 9.17) is 5.26 Å². The van der Waals surface area contributed by atoms with Crippen LogP contribution in [0.1, 0.15) is 29.9 Å². The van der Waals surface area contributed by atoms with Gasteiger partial charge in [0, 0.05) is 29.6 Å². The predicted octanol–water partition coefficient (Wildman–Crippen LogP) is 4.17. The summed E-state index contributed by atoms with van der Waals surface area (Å²) in [5.41, 5.74) is 0.691. The lowest BCUT2D eigenvalue weighted by molar-refractivity contribution is 0.203. The standard InChI is InChI=1S/C16H17FN2S/c1-12(2)19(11-15-7-4-8-20-15)10-14-6-3-5-13(9-18)16(14)17/h3-8,12H,10-11H2,1-2H3. The van der Waals surface area contributed by atoms with Gasteiger partial charge in [0.2, 0.25) is 0 Å². The molecule has 0 bridgehead atoms. The molecule has 0 atom stereocenters. The molecule has 0 spiro atoms. The fraction of sp³-hybridized carbons (Fsp3) is 0.312. The lowest BCUT2D eigenvalue weighted by Crippen LogP contribution is -2.30. The number of halogens is 1. The van der Waals surface area contributed by atoms with Gasteiger partial charge >= 0.3 is 0 Å². The minimum absolute atomic E-state index is 0.113. The monoisotopic (exact) mass is 288 g/mol. The van der Waals surface area contributed by atoms with Crippen molar-refractivity contribution < 1.29 is 4.39 Å². The van der Waals surface area contributed by atoms with Crippen LogP contribution >= 0.6 is 11.3 Å². The average Bonchev–Trinajstić information content (AvgIpc) is 2.93. The van der Waals surface area contributed by atoms with Crippen molar-refractivity contribution in [3.05, 3.63) is 57.5 Å². The molecule has 0 aliphatic carbocycles. The van der Waals surface area contributed by atoms with Gasteiger partial charge in [-0.1, -0.05) is 18.2 Å². The van der Waals surface area contributed by atoms with E-state index in [0.717, 1.165) is 6.54 Å². The zero-order valence-corrected chi connectivity index (χ0v) is 12.5. The Morgan fingerprint density at radius 1 is 1.25 bits per heavy atom. The van der Waals surface area contributed by atoms with Gasteiger partial charge in [0.25, 0.3) is 0 Å². The first kappa shape index (κ1) is 14.7. The molecular weight excluding hydrogens is 271 g/mol. The van der Waals surface area contributed by atoms with Gasteiger partial charge in [-0.25, -0.2) is 4.39 Å². The molecule has 104 valence electrons. The van der Waals surface area contributed by atoms with Crippen molar-refractivity contribution in [2.75, 3.05) is 0 Å². The first-order valence-electron chi connectivity index (χ1n) is 6.55. The third kappa shape index (κ3) is 3.44. The van der Waals surface area contributed by atoms with Crippen LogP contribution in [-0.2, 0) is 13.1 Å². The van der Waals surface area contributed by atoms with Gasteiger partial charge in [0.1, 0.15) is 11.9 Å². The largest absolute Gasteiger partial charge is 0.292 e. The van der Waals surface area contributed by atoms with Crippen molar-refractivity contribution in [1.29, 1.82) is 5.26 Å². The number of hydrogen-bond donors (Lipinski definition) is 0. The topological polar surface area (TPSA) is 27.0 Å². The second kappa shape index (κ2) is 6.65. The molecule has 2 rings (SSSR count). The minimum atomic E-state index is -0.396. The van der Waals surface area contributed by atoms with Crippen LogP contribution in [0, 0.1) is 17.1 Å². The Bertz CT molecular complexity index is 599. The first-order chi connectivity index (χ1) is 9.61. The number of nitrogens with zero attached hydrogens (tertiary/aromatic N) is 2. The fourth-order valence-electron chi connectivity index (χ4n) is 2.03. The van der Waals surface area contributed by atoms with Crippen LogP contribution in [0.4, 0.5) is 4.39 Å². The Morgan fingerprint density at radius 2 is 2.05 bits per heavy atom. The zero-order valence-electron chi connectivity index (χ0n) is 11.6. The maximum absolute atomic E-state index is 14.1. The zero-order chi connectivity index (χ0) is 14.5. The van der Waals surface area contributed by atoms with E-state index in [1.54, 1.807) is 23.5 Å². The van der Waals surface area contributed by atoms with Gasteiger partial charge in [-0.05, 0) is 31.4 Å². The summed E-state index contributed by atoms with van der Waals surface area (Å²) in [6, 6.07) is 11.3. The molecule has 0 unspecified atom stereocenters. The number of benzene rings is 1. The summed E-state index contributed by atoms with van der Waals surface area (Å²) in [6.07, 6.45) is 0. The summed E-state index contributed by atoms with van der Waals surface area (Å²) in [6.45, 7) is 5.50. The molecule has 1 aromatic carbocycles. The second-order valence-corrected chi connectivity index (χ2v) is 6.00. The lowest BCUT2D eigenvalue weighted by atomic mass is 10.1. The second-order valence-electron chi connectivity index (χ2n) is 4.97. The van der Waals surface area contributed by atoms with Gasteiger partial charge in [-0.3, -0.25) is 4.90 Å². The fourth-order valence-corrected chi connectivity index (χ4v) is 2.76. The van der Waals surface area contributed by atoms with Crippen LogP contribution in [0.3, 0.4) is 0 Å². The first-order valence-corrected chi connectivity index (χ1v) is 7.43. The number of rotatable bonds is 5. The highest BCUT2D eigenvalue weighted by Crippen LogP contribution is 2.19. The molecule has 0 fully saturated rings. The Labute approximate surface area is 123 Å². The van der Waals surface area contributed by atoms with Crippen LogP contribution in [0.5, 0.6) is 0 Å². The van der Waals surface area contributed by atoms with E-state index in [1.807, 2.05) is 17.5 Å². The van der Waals surface area contributed by atoms with Gasteiger partial charge in [-0.2, -0.15) is 5.26 Å². The van der Waals surface area contributed by atoms with E-state index in [2.05, 4.69) is 24.8 Å². The van der Waals surface area contributed by atoms with Crippen LogP contribution in [0.2, 0.25) is 0 Å². The molecule has 1 heterocycles. The van der Waals surface area contributed by atoms with Gasteiger partial charge < -0.3 is 0 Å². The minimum Gasteiger partial charge on any atom is -0.292 e. The van der Waals surface area contributed by atoms with Crippen LogP contribution in [-0.4, -0.2) is 10.9 Å². The van der Waals surface area contributed by atoms with Crippen LogP contribution in [0.25, 0.3) is 0 Å². The van der Waals surface area contributed by atoms with Crippen LogP contribution < -0.4 is 0 Å². The normalized spacial score (nSPS) is 11.0. The molecule has 0 saturated heterocycles. The summed E-state index contributed by atoms with van der Waals surface area (Å²) >= 11 is 1.70. The highest BCUT2D eigenvalue weighted by molar-refractivity contribution is 7.09. The summed E-state index contributed by atoms with van der Waals surface area (Å²) in [5, 5.41) is 10.9. The molecule has 20 heavy (non-hydrogen) atoms. The molecule has 0 N–H and O–H groups in total. The third-order valence-corrected chi connectivity index (χ3v) is 4.10. The molecule has 0 saturated carbocycles. The molecule has 0 amide bonds. The van der Waals surface area contributed by atoms with Gasteiger partial charge in [-0.15, -0.1) is 11.3 Å². The van der Waals surface area contributed by atoms with Gasteiger partial charge in [0.05, 0.1) is 5.56 Å². The van der Waals surface area contributed by atoms with Crippen molar-refractivity contribution in [2.45, 2.75) is 33.0 Å². The number of nitriles is 1. The van der Waals surface area contributed by atoms with E-state index in [9.17, 15) is 4.39 Å². The highest BCUT2D eigenvalue weighted by Gasteiger charge is 2.15. The van der Waals surface area contributed by atoms with Crippen molar-refractivity contribution in [1.82, 2.24) is 4.90 Å². The van der Waals surface area contributed by atoms with Gasteiger partial charge in [0.15, 0.2) is 0 Å². The molecule has 0 radical (unpaired) electrons. The Morgan fingerprint density at radius 3 is 2.65 bits per heavy atom. The van der Waals surface area contributed by atoms with Crippen molar-refractivity contribution in [3.8, 4) is 6.07 Å². The maximum Gasteiger partial charge on any atom is 0.145 e. The van der Waals surface area contributed by atoms with Crippen LogP contribution in [0.15, 0.2) is 35.7 Å². The molecular formula is C16H17FN2S. The summed E-state index contributed by atoms with van der Waals surface area (Å²) < 4.78 is 14.1. The van der Waals surface area contributed by atoms with E-state index in [1.165, 1.54) is 10.9 Å². The Kier molecular flexibility index (Phi) is 4.89. The van der Waals surface area contributed by atoms with E-state index < -0.39 is 5.82 Å². The summed E-state index contributed by atoms with van der Waals surface area (Å²) in [4.78, 5) is 3.46. The highest BCUT2D eigenvalue weighted by atomic mass is 32.1. The molecule has 4 heteroatoms. The van der Waals surface area contributed by atoms with E-state index >= 15 is 0 Å². The summed E-state index contributed by atoms with van der Waals surface area (Å²) in [7, 11) is 0. The molecule has 2 nitrogen and oxygen atoms in total. The number of thiophene rings is 1. The lowest BCUT2D eigenvalue weighted by Gasteiger charge is -2.26. The van der Waals surface area contributed by atoms with E-state index in [0.29, 0.717) is 18.2 Å². The quantitative estimate of drug-likeness (QED) is 0.825. The summed E-state index contributed by atoms with van der Waals surface area (Å²) in [5.74, 6) is -0.396. The molecule has 1 aromatic heterocycles. The van der Waals surface area contributed by atoms with Crippen molar-refractivity contribution in [2.24, 2.45) is 0 Å². The predicted molar refractivity (Wildman–Crippen MR) is 79.8 cm³/mol. The Balaban J connectivity index is 2.19. The molecule has 0 aliphatic rings.